The zero-order valence-corrected chi connectivity index (χ0v) is 32.8. The number of nitrogens with two attached hydrogens (primary N) is 1. The van der Waals surface area contributed by atoms with Gasteiger partial charge in [-0.05, 0) is 0 Å². The van der Waals surface area contributed by atoms with Crippen LogP contribution in [0.25, 0.3) is 0 Å². The minimum atomic E-state index is -0.968. The molecule has 0 amide bonds. The van der Waals surface area contributed by atoms with Crippen molar-refractivity contribution >= 4 is 236 Å². The molecule has 0 bridgehead atoms. The summed E-state index contributed by atoms with van der Waals surface area (Å²) in [6.45, 7) is -0.278. The van der Waals surface area contributed by atoms with Crippen LogP contribution in [0.3, 0.4) is 0 Å². The van der Waals surface area contributed by atoms with E-state index in [4.69, 9.17) is 5.11 Å². The first-order valence-electron chi connectivity index (χ1n) is 1.19. The fourth-order valence-electron chi connectivity index (χ4n) is 0. The van der Waals surface area contributed by atoms with Gasteiger partial charge in [-0.25, -0.2) is 0 Å². The van der Waals surface area contributed by atoms with Gasteiger partial charge in [0.1, 0.15) is 0 Å². The number of carboxylic acid groups (broad SMARTS) is 1. The predicted octanol–water partition coefficient (Wildman–Crippen LogP) is -8.31. The van der Waals surface area contributed by atoms with Crippen molar-refractivity contribution in [2.45, 2.75) is 0 Å². The Bertz CT molecular complexity index is 81.5. The number of hydrogen-bond acceptors (Lipinski definition) is 22. The van der Waals surface area contributed by atoms with Crippen LogP contribution in [0, 0.1) is 0 Å². The summed E-state index contributed by atoms with van der Waals surface area (Å²) in [6, 6.07) is 0. The van der Waals surface area contributed by atoms with Gasteiger partial charge in [-0.1, -0.05) is 0 Å². The molecule has 0 aromatic heterocycles. The summed E-state index contributed by atoms with van der Waals surface area (Å²) >= 11 is 0. The van der Waals surface area contributed by atoms with Crippen molar-refractivity contribution < 1.29 is 119 Å². The van der Waals surface area contributed by atoms with Crippen molar-refractivity contribution in [3.63, 3.8) is 0 Å². The third-order valence-corrected chi connectivity index (χ3v) is 0.175. The summed E-state index contributed by atoms with van der Waals surface area (Å²) < 4.78 is 0. The van der Waals surface area contributed by atoms with Gasteiger partial charge in [0, 0.05) is 0 Å². The largest absolute Gasteiger partial charge is 2.00 e. The molecular formula is C2H25Mg10NO22. The van der Waals surface area contributed by atoms with Crippen LogP contribution in [0.4, 0.5) is 0 Å². The van der Waals surface area contributed by atoms with E-state index in [0.717, 1.165) is 0 Å². The molecular weight excluding hydrogens is 633 g/mol. The number of carbonyl (C=O) groups is 1. The average molecular weight is 658 g/mol. The second-order valence-corrected chi connectivity index (χ2v) is 0.598. The van der Waals surface area contributed by atoms with E-state index >= 15 is 0 Å². The van der Waals surface area contributed by atoms with Gasteiger partial charge in [0.15, 0.2) is 0 Å². The van der Waals surface area contributed by atoms with Gasteiger partial charge in [0.25, 0.3) is 0 Å². The van der Waals surface area contributed by atoms with Gasteiger partial charge in [-0.3, -0.25) is 4.79 Å². The molecule has 35 heavy (non-hydrogen) atoms. The molecule has 0 fully saturated rings. The van der Waals surface area contributed by atoms with Crippen molar-refractivity contribution in [2.75, 3.05) is 6.54 Å². The Labute approximate surface area is 362 Å². The zero-order valence-electron chi connectivity index (χ0n) is 18.7. The molecule has 33 heteroatoms. The minimum Gasteiger partial charge on any atom is -0.870 e. The molecule has 0 aliphatic rings. The van der Waals surface area contributed by atoms with Gasteiger partial charge in [-0.2, -0.15) is 0 Å². The summed E-state index contributed by atoms with van der Waals surface area (Å²) in [6.07, 6.45) is 0. The van der Waals surface area contributed by atoms with E-state index in [-0.39, 0.29) is 347 Å². The van der Waals surface area contributed by atoms with Crippen LogP contribution in [-0.2, 0) is 4.79 Å². The molecule has 0 heterocycles. The van der Waals surface area contributed by atoms with Crippen molar-refractivity contribution in [1.82, 2.24) is 0 Å². The molecule has 0 spiro atoms. The first-order chi connectivity index (χ1) is 2.27. The average Bonchev–Trinajstić information content (AvgIpc) is 1.38. The standard InChI is InChI=1S/C2H5NO2.10Mg.20H2O/c3-1-2(4)5;;;;;;;;;;;;;;;;;;;;;;;;;;;;;;/h1,3H2,(H,4,5);;;;;;;;;;;20*1H2/q;10*+2;;;;;;;;;;;;;;;;;;;;/p-20. The van der Waals surface area contributed by atoms with Crippen molar-refractivity contribution in [2.24, 2.45) is 5.73 Å². The quantitative estimate of drug-likeness (QED) is 0.247. The molecule has 0 aliphatic carbocycles. The van der Waals surface area contributed by atoms with Crippen molar-refractivity contribution in [1.29, 1.82) is 0 Å². The molecule has 0 aromatic rings. The van der Waals surface area contributed by atoms with E-state index in [2.05, 4.69) is 5.73 Å². The molecule has 0 aromatic carbocycles. The molecule has 0 saturated carbocycles. The third kappa shape index (κ3) is 859. The fraction of sp³-hybridized carbons (Fsp3) is 0.500. The number of carboxylic acids is 1. The molecule has 23 N–H and O–H groups in total. The zero-order chi connectivity index (χ0) is 4.28. The number of hydrogen-bond donors (Lipinski definition) is 2. The molecule has 0 radical (unpaired) electrons. The molecule has 190 valence electrons. The SMILES string of the molecule is NCC(=O)O.[Mg+2].[Mg+2].[Mg+2].[Mg+2].[Mg+2].[Mg+2].[Mg+2].[Mg+2].[Mg+2].[Mg+2].[OH-].[OH-].[OH-].[OH-].[OH-].[OH-].[OH-].[OH-].[OH-].[OH-].[OH-].[OH-].[OH-].[OH-].[OH-].[OH-].[OH-].[OH-].[OH-].[OH-]. The number of rotatable bonds is 1. The molecule has 0 unspecified atom stereocenters. The van der Waals surface area contributed by atoms with Crippen molar-refractivity contribution in [3.8, 4) is 0 Å². The first-order valence-corrected chi connectivity index (χ1v) is 1.19. The van der Waals surface area contributed by atoms with Gasteiger partial charge in [-0.15, -0.1) is 0 Å². The van der Waals surface area contributed by atoms with Crippen LogP contribution in [0.5, 0.6) is 0 Å². The third-order valence-electron chi connectivity index (χ3n) is 0.175. The topological polar surface area (TPSA) is 663 Å². The summed E-state index contributed by atoms with van der Waals surface area (Å²) in [5.74, 6) is -0.968. The van der Waals surface area contributed by atoms with Gasteiger partial charge in [0.2, 0.25) is 0 Å². The van der Waals surface area contributed by atoms with E-state index in [1.165, 1.54) is 0 Å². The minimum absolute atomic E-state index is 0. The van der Waals surface area contributed by atoms with Gasteiger partial charge in [0.05, 0.1) is 6.54 Å². The summed E-state index contributed by atoms with van der Waals surface area (Å²) in [5.41, 5.74) is 4.57. The monoisotopic (exact) mass is 655 g/mol. The maximum Gasteiger partial charge on any atom is 2.00 e. The van der Waals surface area contributed by atoms with E-state index in [1.54, 1.807) is 0 Å². The number of aliphatic carboxylic acids is 1. The van der Waals surface area contributed by atoms with Crippen LogP contribution < -0.4 is 5.73 Å². The van der Waals surface area contributed by atoms with Crippen LogP contribution in [0.15, 0.2) is 0 Å². The Hall–Kier alpha value is 6.29. The molecule has 0 saturated heterocycles. The summed E-state index contributed by atoms with van der Waals surface area (Å²) in [5, 5.41) is 7.60. The summed E-state index contributed by atoms with van der Waals surface area (Å²) in [7, 11) is 0. The van der Waals surface area contributed by atoms with Gasteiger partial charge >= 0.3 is 236 Å². The normalized spacial score (nSPS) is 1.06. The van der Waals surface area contributed by atoms with Crippen LogP contribution in [-0.4, -0.2) is 358 Å². The molecule has 23 nitrogen and oxygen atoms in total. The fourth-order valence-corrected chi connectivity index (χ4v) is 0. The Kier molecular flexibility index (Phi) is 10600. The van der Waals surface area contributed by atoms with E-state index in [1.807, 2.05) is 0 Å². The van der Waals surface area contributed by atoms with Crippen LogP contribution >= 0.6 is 0 Å². The van der Waals surface area contributed by atoms with E-state index in [9.17, 15) is 4.79 Å². The van der Waals surface area contributed by atoms with E-state index in [0.29, 0.717) is 0 Å². The molecule has 0 aliphatic heterocycles. The Balaban J connectivity index is -0.000000000184. The Morgan fingerprint density at radius 3 is 0.371 bits per heavy atom. The summed E-state index contributed by atoms with van der Waals surface area (Å²) in [4.78, 5) is 9.24. The van der Waals surface area contributed by atoms with Gasteiger partial charge < -0.3 is 120 Å². The van der Waals surface area contributed by atoms with Crippen LogP contribution in [0.1, 0.15) is 0 Å². The maximum absolute atomic E-state index is 9.24. The maximum atomic E-state index is 9.24. The second kappa shape index (κ2) is 587. The predicted molar refractivity (Wildman–Crippen MR) is 113 cm³/mol. The molecule has 0 rings (SSSR count). The smallest absolute Gasteiger partial charge is 0.870 e. The van der Waals surface area contributed by atoms with E-state index < -0.39 is 5.97 Å². The van der Waals surface area contributed by atoms with Crippen LogP contribution in [0.2, 0.25) is 0 Å². The Morgan fingerprint density at radius 1 is 0.343 bits per heavy atom. The van der Waals surface area contributed by atoms with Crippen molar-refractivity contribution in [3.05, 3.63) is 0 Å². The first kappa shape index (κ1) is 633. The second-order valence-electron chi connectivity index (χ2n) is 0.598. The Morgan fingerprint density at radius 2 is 0.371 bits per heavy atom. The molecule has 0 atom stereocenters.